The van der Waals surface area contributed by atoms with Crippen LogP contribution in [0.3, 0.4) is 0 Å². The number of hydrogen-bond acceptors (Lipinski definition) is 3. The molecule has 0 aliphatic carbocycles. The molecule has 1 rings (SSSR count). The molecule has 0 radical (unpaired) electrons. The molecule has 0 saturated carbocycles. The van der Waals surface area contributed by atoms with Gasteiger partial charge in [0.2, 0.25) is 0 Å². The molecule has 3 N–H and O–H groups in total. The maximum Gasteiger partial charge on any atom is 0.119 e. The lowest BCUT2D eigenvalue weighted by atomic mass is 9.94. The molecule has 0 bridgehead atoms. The molecular weight excluding hydrogens is 214 g/mol. The molecule has 1 aromatic carbocycles. The molecule has 96 valence electrons. The minimum absolute atomic E-state index is 0.241. The van der Waals surface area contributed by atoms with E-state index in [1.54, 1.807) is 0 Å². The van der Waals surface area contributed by atoms with Gasteiger partial charge in [0, 0.05) is 6.04 Å². The molecular formula is C14H23NO2. The first-order valence-corrected chi connectivity index (χ1v) is 6.22. The molecule has 1 aromatic rings. The summed E-state index contributed by atoms with van der Waals surface area (Å²) in [7, 11) is 0. The molecule has 0 heterocycles. The van der Waals surface area contributed by atoms with Gasteiger partial charge in [-0.25, -0.2) is 0 Å². The molecule has 2 atom stereocenters. The molecule has 0 spiro atoms. The van der Waals surface area contributed by atoms with Crippen LogP contribution in [0.1, 0.15) is 38.9 Å². The smallest absolute Gasteiger partial charge is 0.119 e. The second-order valence-corrected chi connectivity index (χ2v) is 4.69. The summed E-state index contributed by atoms with van der Waals surface area (Å²) in [5.41, 5.74) is 6.77. The van der Waals surface area contributed by atoms with Crippen LogP contribution in [0.2, 0.25) is 0 Å². The summed E-state index contributed by atoms with van der Waals surface area (Å²) < 4.78 is 5.53. The quantitative estimate of drug-likeness (QED) is 0.799. The Morgan fingerprint density at radius 1 is 1.35 bits per heavy atom. The molecule has 0 fully saturated rings. The van der Waals surface area contributed by atoms with E-state index in [2.05, 4.69) is 6.92 Å². The number of hydrogen-bond donors (Lipinski definition) is 2. The monoisotopic (exact) mass is 237 g/mol. The first kappa shape index (κ1) is 14.0. The highest BCUT2D eigenvalue weighted by Crippen LogP contribution is 2.23. The topological polar surface area (TPSA) is 55.5 Å². The fourth-order valence-corrected chi connectivity index (χ4v) is 1.60. The van der Waals surface area contributed by atoms with Crippen LogP contribution in [-0.4, -0.2) is 17.8 Å². The van der Waals surface area contributed by atoms with Crippen LogP contribution < -0.4 is 10.5 Å². The lowest BCUT2D eigenvalue weighted by Crippen LogP contribution is -2.33. The largest absolute Gasteiger partial charge is 0.494 e. The van der Waals surface area contributed by atoms with E-state index in [0.717, 1.165) is 17.7 Å². The first-order chi connectivity index (χ1) is 8.06. The van der Waals surface area contributed by atoms with Gasteiger partial charge in [0.05, 0.1) is 12.7 Å². The number of benzene rings is 1. The van der Waals surface area contributed by atoms with Crippen LogP contribution >= 0.6 is 0 Å². The summed E-state index contributed by atoms with van der Waals surface area (Å²) in [6.45, 7) is 6.76. The third-order valence-corrected chi connectivity index (χ3v) is 2.81. The van der Waals surface area contributed by atoms with Crippen molar-refractivity contribution in [1.29, 1.82) is 0 Å². The molecule has 0 amide bonds. The number of aliphatic hydroxyl groups excluding tert-OH is 1. The summed E-state index contributed by atoms with van der Waals surface area (Å²) in [6.07, 6.45) is 0.332. The maximum atomic E-state index is 10.1. The Hall–Kier alpha value is -1.06. The van der Waals surface area contributed by atoms with E-state index in [0.29, 0.717) is 6.61 Å². The summed E-state index contributed by atoms with van der Waals surface area (Å²) in [4.78, 5) is 0. The van der Waals surface area contributed by atoms with Crippen molar-refractivity contribution in [3.05, 3.63) is 29.8 Å². The Morgan fingerprint density at radius 2 is 2.06 bits per heavy atom. The SMILES string of the molecule is CCCOc1cccc(C(O)C(N)C(C)C)c1. The van der Waals surface area contributed by atoms with E-state index in [1.165, 1.54) is 0 Å². The fourth-order valence-electron chi connectivity index (χ4n) is 1.60. The van der Waals surface area contributed by atoms with Crippen molar-refractivity contribution in [2.45, 2.75) is 39.3 Å². The highest BCUT2D eigenvalue weighted by Gasteiger charge is 2.20. The van der Waals surface area contributed by atoms with Crippen LogP contribution in [-0.2, 0) is 0 Å². The van der Waals surface area contributed by atoms with Gasteiger partial charge in [-0.05, 0) is 30.0 Å². The van der Waals surface area contributed by atoms with E-state index in [4.69, 9.17) is 10.5 Å². The van der Waals surface area contributed by atoms with Gasteiger partial charge in [0.15, 0.2) is 0 Å². The molecule has 0 aliphatic rings. The molecule has 0 saturated heterocycles. The Bertz CT molecular complexity index is 339. The van der Waals surface area contributed by atoms with Gasteiger partial charge in [-0.1, -0.05) is 32.9 Å². The maximum absolute atomic E-state index is 10.1. The second kappa shape index (κ2) is 6.62. The van der Waals surface area contributed by atoms with Gasteiger partial charge >= 0.3 is 0 Å². The van der Waals surface area contributed by atoms with Gasteiger partial charge in [-0.3, -0.25) is 0 Å². The Labute approximate surface area is 104 Å². The van der Waals surface area contributed by atoms with Gasteiger partial charge < -0.3 is 15.6 Å². The van der Waals surface area contributed by atoms with Crippen LogP contribution in [0.4, 0.5) is 0 Å². The molecule has 0 aromatic heterocycles. The van der Waals surface area contributed by atoms with Crippen molar-refractivity contribution in [2.24, 2.45) is 11.7 Å². The molecule has 3 heteroatoms. The lowest BCUT2D eigenvalue weighted by Gasteiger charge is -2.22. The highest BCUT2D eigenvalue weighted by atomic mass is 16.5. The normalized spacial score (nSPS) is 14.7. The fraction of sp³-hybridized carbons (Fsp3) is 0.571. The third-order valence-electron chi connectivity index (χ3n) is 2.81. The standard InChI is InChI=1S/C14H23NO2/c1-4-8-17-12-7-5-6-11(9-12)14(16)13(15)10(2)3/h5-7,9-10,13-14,16H,4,8,15H2,1-3H3. The van der Waals surface area contributed by atoms with Crippen molar-refractivity contribution < 1.29 is 9.84 Å². The Balaban J connectivity index is 2.76. The van der Waals surface area contributed by atoms with E-state index >= 15 is 0 Å². The zero-order chi connectivity index (χ0) is 12.8. The molecule has 2 unspecified atom stereocenters. The van der Waals surface area contributed by atoms with Crippen LogP contribution in [0.5, 0.6) is 5.75 Å². The number of nitrogens with two attached hydrogens (primary N) is 1. The van der Waals surface area contributed by atoms with Gasteiger partial charge in [-0.2, -0.15) is 0 Å². The zero-order valence-electron chi connectivity index (χ0n) is 10.9. The average molecular weight is 237 g/mol. The van der Waals surface area contributed by atoms with Crippen molar-refractivity contribution in [3.8, 4) is 5.75 Å². The van der Waals surface area contributed by atoms with Crippen LogP contribution in [0.25, 0.3) is 0 Å². The van der Waals surface area contributed by atoms with E-state index < -0.39 is 6.10 Å². The minimum Gasteiger partial charge on any atom is -0.494 e. The van der Waals surface area contributed by atoms with E-state index in [-0.39, 0.29) is 12.0 Å². The lowest BCUT2D eigenvalue weighted by molar-refractivity contribution is 0.125. The number of rotatable bonds is 6. The van der Waals surface area contributed by atoms with Crippen molar-refractivity contribution in [2.75, 3.05) is 6.61 Å². The van der Waals surface area contributed by atoms with Crippen molar-refractivity contribution >= 4 is 0 Å². The van der Waals surface area contributed by atoms with Gasteiger partial charge in [0.25, 0.3) is 0 Å². The number of ether oxygens (including phenoxy) is 1. The Kier molecular flexibility index (Phi) is 5.45. The van der Waals surface area contributed by atoms with Gasteiger partial charge in [-0.15, -0.1) is 0 Å². The first-order valence-electron chi connectivity index (χ1n) is 6.22. The summed E-state index contributed by atoms with van der Waals surface area (Å²) in [5.74, 6) is 1.03. The summed E-state index contributed by atoms with van der Waals surface area (Å²) in [6, 6.07) is 7.27. The average Bonchev–Trinajstić information content (AvgIpc) is 2.34. The minimum atomic E-state index is -0.639. The number of aliphatic hydroxyl groups is 1. The second-order valence-electron chi connectivity index (χ2n) is 4.69. The zero-order valence-corrected chi connectivity index (χ0v) is 10.9. The molecule has 17 heavy (non-hydrogen) atoms. The summed E-state index contributed by atoms with van der Waals surface area (Å²) in [5, 5.41) is 10.1. The predicted molar refractivity (Wildman–Crippen MR) is 70.0 cm³/mol. The highest BCUT2D eigenvalue weighted by molar-refractivity contribution is 5.30. The third kappa shape index (κ3) is 4.02. The van der Waals surface area contributed by atoms with Crippen LogP contribution in [0.15, 0.2) is 24.3 Å². The van der Waals surface area contributed by atoms with Crippen molar-refractivity contribution in [3.63, 3.8) is 0 Å². The Morgan fingerprint density at radius 3 is 2.65 bits per heavy atom. The summed E-state index contributed by atoms with van der Waals surface area (Å²) >= 11 is 0. The molecule has 3 nitrogen and oxygen atoms in total. The van der Waals surface area contributed by atoms with Gasteiger partial charge in [0.1, 0.15) is 5.75 Å². The van der Waals surface area contributed by atoms with E-state index in [9.17, 15) is 5.11 Å². The van der Waals surface area contributed by atoms with Crippen molar-refractivity contribution in [1.82, 2.24) is 0 Å². The van der Waals surface area contributed by atoms with Crippen LogP contribution in [0, 0.1) is 5.92 Å². The van der Waals surface area contributed by atoms with E-state index in [1.807, 2.05) is 38.1 Å². The predicted octanol–water partition coefficient (Wildman–Crippen LogP) is 2.49. The molecule has 0 aliphatic heterocycles.